The summed E-state index contributed by atoms with van der Waals surface area (Å²) in [5.74, 6) is -0.709. The van der Waals surface area contributed by atoms with Crippen molar-refractivity contribution in [3.05, 3.63) is 34.9 Å². The molecule has 1 aromatic carbocycles. The fourth-order valence-corrected chi connectivity index (χ4v) is 3.10. The minimum absolute atomic E-state index is 0.312. The lowest BCUT2D eigenvalue weighted by Gasteiger charge is -2.11. The van der Waals surface area contributed by atoms with E-state index in [1.807, 2.05) is 32.9 Å². The van der Waals surface area contributed by atoms with Crippen molar-refractivity contribution in [1.82, 2.24) is 0 Å². The average molecular weight is 268 g/mol. The first kappa shape index (κ1) is 14.9. The first-order valence-electron chi connectivity index (χ1n) is 6.10. The van der Waals surface area contributed by atoms with Crippen LogP contribution in [0.4, 0.5) is 0 Å². The Kier molecular flexibility index (Phi) is 4.68. The Balaban J connectivity index is 2.96. The summed E-state index contributed by atoms with van der Waals surface area (Å²) < 4.78 is 23.8. The fraction of sp³-hybridized carbons (Fsp3) is 0.500. The van der Waals surface area contributed by atoms with Crippen LogP contribution in [-0.2, 0) is 9.84 Å². The number of Topliss-reactive ketones (excluding diaryl/α,β-unsaturated/α-hetero) is 1. The third kappa shape index (κ3) is 3.42. The van der Waals surface area contributed by atoms with Gasteiger partial charge in [0.2, 0.25) is 0 Å². The molecule has 100 valence electrons. The molecular formula is C14H20O3S. The van der Waals surface area contributed by atoms with Crippen LogP contribution >= 0.6 is 0 Å². The monoisotopic (exact) mass is 268 g/mol. The lowest BCUT2D eigenvalue weighted by molar-refractivity contribution is 0.102. The van der Waals surface area contributed by atoms with Crippen molar-refractivity contribution in [2.45, 2.75) is 39.4 Å². The molecule has 0 aliphatic rings. The first-order chi connectivity index (χ1) is 8.27. The van der Waals surface area contributed by atoms with Gasteiger partial charge in [0.25, 0.3) is 0 Å². The second-order valence-electron chi connectivity index (χ2n) is 4.77. The molecule has 4 heteroatoms. The standard InChI is InChI=1S/C14H20O3S/c1-5-12(4)18(16,17)9-14(15)13-7-6-10(2)8-11(13)3/h6-8,12H,5,9H2,1-4H3. The number of aryl methyl sites for hydroxylation is 2. The summed E-state index contributed by atoms with van der Waals surface area (Å²) in [4.78, 5) is 12.0. The third-order valence-electron chi connectivity index (χ3n) is 3.20. The summed E-state index contributed by atoms with van der Waals surface area (Å²) in [7, 11) is -3.33. The molecule has 0 aromatic heterocycles. The molecular weight excluding hydrogens is 248 g/mol. The summed E-state index contributed by atoms with van der Waals surface area (Å²) in [6, 6.07) is 5.43. The van der Waals surface area contributed by atoms with E-state index in [1.54, 1.807) is 13.0 Å². The number of sulfone groups is 1. The molecule has 0 heterocycles. The van der Waals surface area contributed by atoms with Gasteiger partial charge in [-0.2, -0.15) is 0 Å². The molecule has 0 aliphatic carbocycles. The Morgan fingerprint density at radius 3 is 2.39 bits per heavy atom. The highest BCUT2D eigenvalue weighted by Gasteiger charge is 2.24. The number of benzene rings is 1. The second-order valence-corrected chi connectivity index (χ2v) is 7.19. The van der Waals surface area contributed by atoms with Crippen molar-refractivity contribution in [2.24, 2.45) is 0 Å². The molecule has 18 heavy (non-hydrogen) atoms. The number of rotatable bonds is 5. The molecule has 0 fully saturated rings. The van der Waals surface area contributed by atoms with Crippen LogP contribution in [0.3, 0.4) is 0 Å². The van der Waals surface area contributed by atoms with Gasteiger partial charge in [-0.3, -0.25) is 4.79 Å². The van der Waals surface area contributed by atoms with Gasteiger partial charge in [-0.1, -0.05) is 30.7 Å². The SMILES string of the molecule is CCC(C)S(=O)(=O)CC(=O)c1ccc(C)cc1C. The summed E-state index contributed by atoms with van der Waals surface area (Å²) in [5, 5.41) is -0.466. The minimum atomic E-state index is -3.33. The van der Waals surface area contributed by atoms with Crippen LogP contribution < -0.4 is 0 Å². The molecule has 1 atom stereocenters. The Bertz CT molecular complexity index is 544. The molecule has 0 saturated carbocycles. The molecule has 0 saturated heterocycles. The van der Waals surface area contributed by atoms with E-state index in [1.165, 1.54) is 0 Å². The Labute approximate surface area is 109 Å². The summed E-state index contributed by atoms with van der Waals surface area (Å²) in [6.07, 6.45) is 0.530. The number of ketones is 1. The zero-order valence-corrected chi connectivity index (χ0v) is 12.2. The Hall–Kier alpha value is -1.16. The lowest BCUT2D eigenvalue weighted by atomic mass is 10.0. The molecule has 0 radical (unpaired) electrons. The molecule has 0 bridgehead atoms. The van der Waals surface area contributed by atoms with E-state index in [2.05, 4.69) is 0 Å². The van der Waals surface area contributed by atoms with Crippen LogP contribution in [0.15, 0.2) is 18.2 Å². The molecule has 0 amide bonds. The quantitative estimate of drug-likeness (QED) is 0.771. The smallest absolute Gasteiger partial charge is 0.178 e. The van der Waals surface area contributed by atoms with Gasteiger partial charge in [-0.15, -0.1) is 0 Å². The fourth-order valence-electron chi connectivity index (χ4n) is 1.78. The zero-order chi connectivity index (χ0) is 13.9. The van der Waals surface area contributed by atoms with Crippen molar-refractivity contribution >= 4 is 15.6 Å². The van der Waals surface area contributed by atoms with Crippen molar-refractivity contribution in [3.63, 3.8) is 0 Å². The average Bonchev–Trinajstić information content (AvgIpc) is 2.26. The Morgan fingerprint density at radius 2 is 1.89 bits per heavy atom. The van der Waals surface area contributed by atoms with Crippen molar-refractivity contribution < 1.29 is 13.2 Å². The molecule has 1 rings (SSSR count). The molecule has 0 N–H and O–H groups in total. The maximum Gasteiger partial charge on any atom is 0.178 e. The van der Waals surface area contributed by atoms with E-state index >= 15 is 0 Å². The Morgan fingerprint density at radius 1 is 1.28 bits per heavy atom. The van der Waals surface area contributed by atoms with Gasteiger partial charge in [0.05, 0.1) is 5.25 Å². The summed E-state index contributed by atoms with van der Waals surface area (Å²) >= 11 is 0. The normalized spacial score (nSPS) is 13.3. The summed E-state index contributed by atoms with van der Waals surface area (Å²) in [6.45, 7) is 7.22. The van der Waals surface area contributed by atoms with Crippen molar-refractivity contribution in [1.29, 1.82) is 0 Å². The van der Waals surface area contributed by atoms with Crippen LogP contribution in [0.5, 0.6) is 0 Å². The predicted octanol–water partition coefficient (Wildman–Crippen LogP) is 2.70. The minimum Gasteiger partial charge on any atom is -0.293 e. The van der Waals surface area contributed by atoms with Crippen LogP contribution in [0.25, 0.3) is 0 Å². The van der Waals surface area contributed by atoms with Gasteiger partial charge in [0, 0.05) is 5.56 Å². The topological polar surface area (TPSA) is 51.2 Å². The maximum atomic E-state index is 12.0. The zero-order valence-electron chi connectivity index (χ0n) is 11.4. The van der Waals surface area contributed by atoms with E-state index in [9.17, 15) is 13.2 Å². The van der Waals surface area contributed by atoms with Crippen molar-refractivity contribution in [2.75, 3.05) is 5.75 Å². The van der Waals surface area contributed by atoms with E-state index in [0.717, 1.165) is 11.1 Å². The van der Waals surface area contributed by atoms with Gasteiger partial charge in [-0.05, 0) is 32.8 Å². The number of hydrogen-bond donors (Lipinski definition) is 0. The third-order valence-corrected chi connectivity index (χ3v) is 5.43. The van der Waals surface area contributed by atoms with Gasteiger partial charge in [0.1, 0.15) is 5.75 Å². The lowest BCUT2D eigenvalue weighted by Crippen LogP contribution is -2.25. The maximum absolute atomic E-state index is 12.0. The summed E-state index contributed by atoms with van der Waals surface area (Å²) in [5.41, 5.74) is 2.40. The van der Waals surface area contributed by atoms with Gasteiger partial charge >= 0.3 is 0 Å². The largest absolute Gasteiger partial charge is 0.293 e. The predicted molar refractivity (Wildman–Crippen MR) is 73.8 cm³/mol. The van der Waals surface area contributed by atoms with Gasteiger partial charge in [-0.25, -0.2) is 8.42 Å². The number of carbonyl (C=O) groups excluding carboxylic acids is 1. The van der Waals surface area contributed by atoms with Crippen LogP contribution in [0.2, 0.25) is 0 Å². The highest BCUT2D eigenvalue weighted by Crippen LogP contribution is 2.14. The number of carbonyl (C=O) groups is 1. The van der Waals surface area contributed by atoms with E-state index in [4.69, 9.17) is 0 Å². The highest BCUT2D eigenvalue weighted by molar-refractivity contribution is 7.92. The van der Waals surface area contributed by atoms with E-state index in [0.29, 0.717) is 12.0 Å². The van der Waals surface area contributed by atoms with E-state index in [-0.39, 0.29) is 5.78 Å². The molecule has 3 nitrogen and oxygen atoms in total. The molecule has 1 aromatic rings. The number of hydrogen-bond acceptors (Lipinski definition) is 3. The highest BCUT2D eigenvalue weighted by atomic mass is 32.2. The van der Waals surface area contributed by atoms with Gasteiger partial charge < -0.3 is 0 Å². The van der Waals surface area contributed by atoms with Crippen LogP contribution in [-0.4, -0.2) is 25.2 Å². The first-order valence-corrected chi connectivity index (χ1v) is 7.81. The molecule has 0 spiro atoms. The van der Waals surface area contributed by atoms with Crippen LogP contribution in [0.1, 0.15) is 41.8 Å². The van der Waals surface area contributed by atoms with Crippen molar-refractivity contribution in [3.8, 4) is 0 Å². The second kappa shape index (κ2) is 5.65. The van der Waals surface area contributed by atoms with E-state index < -0.39 is 20.8 Å². The molecule has 1 unspecified atom stereocenters. The van der Waals surface area contributed by atoms with Gasteiger partial charge in [0.15, 0.2) is 15.6 Å². The van der Waals surface area contributed by atoms with Crippen LogP contribution in [0, 0.1) is 13.8 Å². The molecule has 0 aliphatic heterocycles.